The highest BCUT2D eigenvalue weighted by atomic mass is 16.4. The van der Waals surface area contributed by atoms with Gasteiger partial charge in [0.1, 0.15) is 0 Å². The van der Waals surface area contributed by atoms with Crippen LogP contribution in [0.25, 0.3) is 0 Å². The number of carbonyl (C=O) groups is 2. The smallest absolute Gasteiger partial charge is 0.307 e. The molecule has 0 radical (unpaired) electrons. The molecule has 1 aromatic heterocycles. The summed E-state index contributed by atoms with van der Waals surface area (Å²) in [6.45, 7) is 2.54. The predicted octanol–water partition coefficient (Wildman–Crippen LogP) is 2.18. The van der Waals surface area contributed by atoms with Crippen LogP contribution >= 0.6 is 0 Å². The van der Waals surface area contributed by atoms with Gasteiger partial charge in [-0.15, -0.1) is 0 Å². The number of hydrogen-bond donors (Lipinski definition) is 1. The van der Waals surface area contributed by atoms with Crippen molar-refractivity contribution in [3.63, 3.8) is 0 Å². The quantitative estimate of drug-likeness (QED) is 0.902. The summed E-state index contributed by atoms with van der Waals surface area (Å²) in [7, 11) is 1.74. The van der Waals surface area contributed by atoms with Crippen LogP contribution in [0.3, 0.4) is 0 Å². The van der Waals surface area contributed by atoms with Gasteiger partial charge in [0.2, 0.25) is 5.91 Å². The zero-order valence-corrected chi connectivity index (χ0v) is 12.5. The van der Waals surface area contributed by atoms with Crippen molar-refractivity contribution in [3.8, 4) is 0 Å². The maximum atomic E-state index is 12.6. The van der Waals surface area contributed by atoms with E-state index in [2.05, 4.69) is 11.9 Å². The van der Waals surface area contributed by atoms with Crippen molar-refractivity contribution in [3.05, 3.63) is 30.1 Å². The molecule has 1 aliphatic carbocycles. The van der Waals surface area contributed by atoms with E-state index in [1.807, 2.05) is 12.1 Å². The highest BCUT2D eigenvalue weighted by Crippen LogP contribution is 2.39. The number of pyridine rings is 1. The maximum absolute atomic E-state index is 12.6. The number of aliphatic carboxylic acids is 1. The molecule has 1 heterocycles. The molecule has 1 amide bonds. The van der Waals surface area contributed by atoms with E-state index in [1.54, 1.807) is 24.3 Å². The van der Waals surface area contributed by atoms with E-state index in [4.69, 9.17) is 0 Å². The largest absolute Gasteiger partial charge is 0.481 e. The number of aromatic nitrogens is 1. The van der Waals surface area contributed by atoms with Gasteiger partial charge in [0.25, 0.3) is 0 Å². The van der Waals surface area contributed by atoms with Gasteiger partial charge < -0.3 is 10.0 Å². The Bertz CT molecular complexity index is 504. The Morgan fingerprint density at radius 3 is 2.48 bits per heavy atom. The molecule has 0 spiro atoms. The molecule has 0 bridgehead atoms. The molecule has 114 valence electrons. The van der Waals surface area contributed by atoms with Crippen LogP contribution in [0.15, 0.2) is 24.5 Å². The molecular weight excluding hydrogens is 268 g/mol. The molecule has 1 fully saturated rings. The molecule has 1 saturated carbocycles. The number of nitrogens with zero attached hydrogens (tertiary/aromatic N) is 2. The van der Waals surface area contributed by atoms with Crippen molar-refractivity contribution in [1.29, 1.82) is 0 Å². The molecule has 0 aliphatic heterocycles. The van der Waals surface area contributed by atoms with Crippen molar-refractivity contribution >= 4 is 11.9 Å². The number of hydrogen-bond acceptors (Lipinski definition) is 3. The highest BCUT2D eigenvalue weighted by molar-refractivity contribution is 5.85. The summed E-state index contributed by atoms with van der Waals surface area (Å²) in [5.74, 6) is -1.49. The van der Waals surface area contributed by atoms with Crippen LogP contribution in [0.1, 0.15) is 31.7 Å². The van der Waals surface area contributed by atoms with Crippen molar-refractivity contribution in [2.24, 2.45) is 17.8 Å². The third-order valence-electron chi connectivity index (χ3n) is 4.42. The van der Waals surface area contributed by atoms with Gasteiger partial charge in [-0.2, -0.15) is 0 Å². The highest BCUT2D eigenvalue weighted by Gasteiger charge is 2.43. The van der Waals surface area contributed by atoms with Gasteiger partial charge in [-0.1, -0.05) is 13.3 Å². The Kier molecular flexibility index (Phi) is 4.94. The van der Waals surface area contributed by atoms with E-state index in [0.29, 0.717) is 25.3 Å². The third-order valence-corrected chi connectivity index (χ3v) is 4.42. The summed E-state index contributed by atoms with van der Waals surface area (Å²) in [4.78, 5) is 29.5. The second-order valence-corrected chi connectivity index (χ2v) is 5.85. The Morgan fingerprint density at radius 2 is 1.90 bits per heavy atom. The molecular formula is C16H22N2O3. The van der Waals surface area contributed by atoms with E-state index in [9.17, 15) is 14.7 Å². The van der Waals surface area contributed by atoms with Crippen LogP contribution < -0.4 is 0 Å². The first-order valence-corrected chi connectivity index (χ1v) is 7.39. The number of carboxylic acids is 1. The lowest BCUT2D eigenvalue weighted by Crippen LogP contribution is -2.36. The molecule has 0 saturated heterocycles. The number of carboxylic acid groups (broad SMARTS) is 1. The first-order valence-electron chi connectivity index (χ1n) is 7.39. The first-order chi connectivity index (χ1) is 10.0. The van der Waals surface area contributed by atoms with Gasteiger partial charge in [0.15, 0.2) is 0 Å². The third kappa shape index (κ3) is 3.60. The molecule has 3 unspecified atom stereocenters. The molecule has 1 aromatic rings. The Labute approximate surface area is 125 Å². The van der Waals surface area contributed by atoms with Crippen LogP contribution in [0, 0.1) is 17.8 Å². The monoisotopic (exact) mass is 290 g/mol. The van der Waals surface area contributed by atoms with E-state index < -0.39 is 11.9 Å². The van der Waals surface area contributed by atoms with Crippen LogP contribution in [0.4, 0.5) is 0 Å². The molecule has 3 atom stereocenters. The van der Waals surface area contributed by atoms with Crippen molar-refractivity contribution in [1.82, 2.24) is 9.88 Å². The fraction of sp³-hybridized carbons (Fsp3) is 0.562. The summed E-state index contributed by atoms with van der Waals surface area (Å²) in [6.07, 6.45) is 5.62. The Hall–Kier alpha value is -1.91. The lowest BCUT2D eigenvalue weighted by Gasteiger charge is -2.23. The number of rotatable bonds is 5. The lowest BCUT2D eigenvalue weighted by molar-refractivity contribution is -0.148. The van der Waals surface area contributed by atoms with Crippen LogP contribution in [-0.4, -0.2) is 33.9 Å². The second-order valence-electron chi connectivity index (χ2n) is 5.85. The molecule has 0 aromatic carbocycles. The van der Waals surface area contributed by atoms with Gasteiger partial charge in [0.05, 0.1) is 11.8 Å². The van der Waals surface area contributed by atoms with Crippen molar-refractivity contribution < 1.29 is 14.7 Å². The van der Waals surface area contributed by atoms with E-state index >= 15 is 0 Å². The second kappa shape index (κ2) is 6.70. The summed E-state index contributed by atoms with van der Waals surface area (Å²) < 4.78 is 0. The van der Waals surface area contributed by atoms with Crippen LogP contribution in [-0.2, 0) is 16.1 Å². The topological polar surface area (TPSA) is 70.5 Å². The summed E-state index contributed by atoms with van der Waals surface area (Å²) in [5.41, 5.74) is 0.998. The van der Waals surface area contributed by atoms with E-state index in [0.717, 1.165) is 12.0 Å². The summed E-state index contributed by atoms with van der Waals surface area (Å²) >= 11 is 0. The van der Waals surface area contributed by atoms with Crippen molar-refractivity contribution in [2.45, 2.75) is 32.7 Å². The lowest BCUT2D eigenvalue weighted by atomic mass is 9.95. The molecule has 1 N–H and O–H groups in total. The SMILES string of the molecule is CCC1CC(C(=O)O)C(C(=O)N(C)Cc2ccncc2)C1. The first kappa shape index (κ1) is 15.5. The van der Waals surface area contributed by atoms with Gasteiger partial charge in [-0.05, 0) is 36.5 Å². The number of carbonyl (C=O) groups excluding carboxylic acids is 1. The fourth-order valence-electron chi connectivity index (χ4n) is 3.15. The minimum absolute atomic E-state index is 0.0600. The Balaban J connectivity index is 2.05. The van der Waals surface area contributed by atoms with Crippen molar-refractivity contribution in [2.75, 3.05) is 7.05 Å². The van der Waals surface area contributed by atoms with Gasteiger partial charge in [-0.3, -0.25) is 14.6 Å². The van der Waals surface area contributed by atoms with Gasteiger partial charge >= 0.3 is 5.97 Å². The van der Waals surface area contributed by atoms with E-state index in [-0.39, 0.29) is 11.8 Å². The van der Waals surface area contributed by atoms with Gasteiger partial charge in [0, 0.05) is 26.0 Å². The summed E-state index contributed by atoms with van der Waals surface area (Å²) in [6, 6.07) is 3.73. The molecule has 2 rings (SSSR count). The zero-order chi connectivity index (χ0) is 15.4. The maximum Gasteiger partial charge on any atom is 0.307 e. The van der Waals surface area contributed by atoms with Crippen LogP contribution in [0.2, 0.25) is 0 Å². The standard InChI is InChI=1S/C16H22N2O3/c1-3-11-8-13(14(9-11)16(20)21)15(19)18(2)10-12-4-6-17-7-5-12/h4-7,11,13-14H,3,8-10H2,1-2H3,(H,20,21). The molecule has 5 heteroatoms. The minimum atomic E-state index is -0.846. The van der Waals surface area contributed by atoms with E-state index in [1.165, 1.54) is 0 Å². The van der Waals surface area contributed by atoms with Gasteiger partial charge in [-0.25, -0.2) is 0 Å². The molecule has 1 aliphatic rings. The number of amides is 1. The molecule has 5 nitrogen and oxygen atoms in total. The Morgan fingerprint density at radius 1 is 1.29 bits per heavy atom. The molecule has 21 heavy (non-hydrogen) atoms. The average Bonchev–Trinajstić information content (AvgIpc) is 2.92. The van der Waals surface area contributed by atoms with Crippen LogP contribution in [0.5, 0.6) is 0 Å². The average molecular weight is 290 g/mol. The normalized spacial score (nSPS) is 24.8. The predicted molar refractivity (Wildman–Crippen MR) is 78.3 cm³/mol. The summed E-state index contributed by atoms with van der Waals surface area (Å²) in [5, 5.41) is 9.34. The zero-order valence-electron chi connectivity index (χ0n) is 12.5. The fourth-order valence-corrected chi connectivity index (χ4v) is 3.15. The minimum Gasteiger partial charge on any atom is -0.481 e.